The van der Waals surface area contributed by atoms with E-state index in [-0.39, 0.29) is 11.1 Å². The highest BCUT2D eigenvalue weighted by Crippen LogP contribution is 2.37. The van der Waals surface area contributed by atoms with E-state index in [0.717, 1.165) is 6.07 Å². The highest BCUT2D eigenvalue weighted by Gasteiger charge is 2.32. The summed E-state index contributed by atoms with van der Waals surface area (Å²) in [4.78, 5) is 3.59. The standard InChI is InChI=1S/C13H8F5NO2/c14-12(15)20-11-9(5-3-7-19-11)8-4-1-2-6-10(8)21-13(16,17)18/h1-7,12H. The first-order valence-electron chi connectivity index (χ1n) is 5.62. The summed E-state index contributed by atoms with van der Waals surface area (Å²) in [6.07, 6.45) is -3.71. The van der Waals surface area contributed by atoms with E-state index in [1.54, 1.807) is 0 Å². The Morgan fingerprint density at radius 2 is 1.62 bits per heavy atom. The second-order valence-electron chi connectivity index (χ2n) is 3.78. The average molecular weight is 305 g/mol. The third kappa shape index (κ3) is 4.04. The first-order valence-corrected chi connectivity index (χ1v) is 5.62. The Hall–Kier alpha value is -2.38. The molecule has 3 nitrogen and oxygen atoms in total. The van der Waals surface area contributed by atoms with Crippen LogP contribution < -0.4 is 9.47 Å². The Morgan fingerprint density at radius 3 is 2.29 bits per heavy atom. The summed E-state index contributed by atoms with van der Waals surface area (Å²) < 4.78 is 69.8. The highest BCUT2D eigenvalue weighted by molar-refractivity contribution is 5.74. The molecule has 2 rings (SSSR count). The van der Waals surface area contributed by atoms with Crippen LogP contribution in [0.1, 0.15) is 0 Å². The third-order valence-electron chi connectivity index (χ3n) is 2.37. The molecular formula is C13H8F5NO2. The van der Waals surface area contributed by atoms with Gasteiger partial charge in [-0.25, -0.2) is 4.98 Å². The number of benzene rings is 1. The van der Waals surface area contributed by atoms with Crippen LogP contribution in [0.3, 0.4) is 0 Å². The highest BCUT2D eigenvalue weighted by atomic mass is 19.4. The molecular weight excluding hydrogens is 297 g/mol. The van der Waals surface area contributed by atoms with Crippen LogP contribution in [0.25, 0.3) is 11.1 Å². The van der Waals surface area contributed by atoms with Crippen molar-refractivity contribution in [2.75, 3.05) is 0 Å². The van der Waals surface area contributed by atoms with Gasteiger partial charge in [0, 0.05) is 17.3 Å². The molecule has 0 bridgehead atoms. The molecule has 0 amide bonds. The summed E-state index contributed by atoms with van der Waals surface area (Å²) in [7, 11) is 0. The molecule has 112 valence electrons. The van der Waals surface area contributed by atoms with Crippen molar-refractivity contribution >= 4 is 0 Å². The van der Waals surface area contributed by atoms with Crippen LogP contribution in [0.2, 0.25) is 0 Å². The van der Waals surface area contributed by atoms with E-state index in [0.29, 0.717) is 0 Å². The zero-order valence-corrected chi connectivity index (χ0v) is 10.3. The van der Waals surface area contributed by atoms with E-state index >= 15 is 0 Å². The predicted octanol–water partition coefficient (Wildman–Crippen LogP) is 4.25. The van der Waals surface area contributed by atoms with Crippen molar-refractivity contribution in [3.63, 3.8) is 0 Å². The lowest BCUT2D eigenvalue weighted by atomic mass is 10.1. The maximum atomic E-state index is 12.4. The van der Waals surface area contributed by atoms with Gasteiger partial charge in [0.2, 0.25) is 5.88 Å². The van der Waals surface area contributed by atoms with Crippen LogP contribution in [-0.2, 0) is 0 Å². The molecule has 21 heavy (non-hydrogen) atoms. The van der Waals surface area contributed by atoms with Gasteiger partial charge in [-0.15, -0.1) is 13.2 Å². The molecule has 0 saturated heterocycles. The first kappa shape index (κ1) is 15.0. The lowest BCUT2D eigenvalue weighted by Crippen LogP contribution is -2.17. The monoisotopic (exact) mass is 305 g/mol. The van der Waals surface area contributed by atoms with Gasteiger partial charge >= 0.3 is 13.0 Å². The lowest BCUT2D eigenvalue weighted by molar-refractivity contribution is -0.274. The molecule has 1 aromatic heterocycles. The molecule has 0 atom stereocenters. The van der Waals surface area contributed by atoms with Crippen molar-refractivity contribution in [1.82, 2.24) is 4.98 Å². The van der Waals surface area contributed by atoms with Crippen molar-refractivity contribution < 1.29 is 31.4 Å². The molecule has 0 saturated carbocycles. The van der Waals surface area contributed by atoms with E-state index < -0.39 is 24.6 Å². The molecule has 0 aliphatic rings. The van der Waals surface area contributed by atoms with Gasteiger partial charge in [-0.1, -0.05) is 18.2 Å². The molecule has 0 N–H and O–H groups in total. The minimum Gasteiger partial charge on any atom is -0.416 e. The quantitative estimate of drug-likeness (QED) is 0.791. The summed E-state index contributed by atoms with van der Waals surface area (Å²) in [5, 5.41) is 0. The number of para-hydroxylation sites is 1. The Morgan fingerprint density at radius 1 is 0.952 bits per heavy atom. The number of rotatable bonds is 4. The van der Waals surface area contributed by atoms with E-state index in [1.165, 1.54) is 36.5 Å². The zero-order valence-electron chi connectivity index (χ0n) is 10.3. The second-order valence-corrected chi connectivity index (χ2v) is 3.78. The Balaban J connectivity index is 2.47. The van der Waals surface area contributed by atoms with Gasteiger partial charge in [0.1, 0.15) is 5.75 Å². The molecule has 0 aliphatic carbocycles. The maximum absolute atomic E-state index is 12.4. The van der Waals surface area contributed by atoms with Crippen LogP contribution in [0, 0.1) is 0 Å². The molecule has 2 aromatic rings. The number of hydrogen-bond donors (Lipinski definition) is 0. The van der Waals surface area contributed by atoms with Gasteiger partial charge in [0.05, 0.1) is 0 Å². The molecule has 1 aromatic carbocycles. The molecule has 1 heterocycles. The molecule has 0 aliphatic heterocycles. The molecule has 0 spiro atoms. The Labute approximate surface area is 115 Å². The molecule has 0 fully saturated rings. The number of halogens is 5. The van der Waals surface area contributed by atoms with Crippen molar-refractivity contribution in [2.24, 2.45) is 0 Å². The van der Waals surface area contributed by atoms with Crippen molar-refractivity contribution in [3.05, 3.63) is 42.6 Å². The number of alkyl halides is 5. The molecule has 8 heteroatoms. The van der Waals surface area contributed by atoms with Crippen LogP contribution in [-0.4, -0.2) is 18.0 Å². The van der Waals surface area contributed by atoms with Crippen LogP contribution in [0.5, 0.6) is 11.6 Å². The van der Waals surface area contributed by atoms with Crippen LogP contribution in [0.15, 0.2) is 42.6 Å². The summed E-state index contributed by atoms with van der Waals surface area (Å²) in [5.74, 6) is -1.01. The SMILES string of the molecule is FC(F)Oc1ncccc1-c1ccccc1OC(F)(F)F. The maximum Gasteiger partial charge on any atom is 0.573 e. The summed E-state index contributed by atoms with van der Waals surface area (Å²) in [5.41, 5.74) is -0.0868. The minimum absolute atomic E-state index is 0.0300. The predicted molar refractivity (Wildman–Crippen MR) is 63.0 cm³/mol. The van der Waals surface area contributed by atoms with E-state index in [1.807, 2.05) is 0 Å². The summed E-state index contributed by atoms with van der Waals surface area (Å²) in [6.45, 7) is -3.14. The van der Waals surface area contributed by atoms with Gasteiger partial charge < -0.3 is 9.47 Å². The topological polar surface area (TPSA) is 31.4 Å². The number of hydrogen-bond acceptors (Lipinski definition) is 3. The van der Waals surface area contributed by atoms with Gasteiger partial charge in [-0.3, -0.25) is 0 Å². The van der Waals surface area contributed by atoms with Gasteiger partial charge in [0.25, 0.3) is 0 Å². The van der Waals surface area contributed by atoms with Crippen LogP contribution >= 0.6 is 0 Å². The zero-order chi connectivity index (χ0) is 15.5. The normalized spacial score (nSPS) is 11.5. The Kier molecular flexibility index (Phi) is 4.25. The minimum atomic E-state index is -4.90. The second kappa shape index (κ2) is 5.94. The number of pyridine rings is 1. The van der Waals surface area contributed by atoms with E-state index in [2.05, 4.69) is 14.5 Å². The Bertz CT molecular complexity index is 616. The average Bonchev–Trinajstić information content (AvgIpc) is 2.38. The smallest absolute Gasteiger partial charge is 0.416 e. The first-order chi connectivity index (χ1) is 9.87. The third-order valence-corrected chi connectivity index (χ3v) is 2.37. The number of aromatic nitrogens is 1. The van der Waals surface area contributed by atoms with E-state index in [9.17, 15) is 22.0 Å². The molecule has 0 unspecified atom stereocenters. The van der Waals surface area contributed by atoms with Crippen molar-refractivity contribution in [2.45, 2.75) is 13.0 Å². The lowest BCUT2D eigenvalue weighted by Gasteiger charge is -2.15. The number of nitrogens with zero attached hydrogens (tertiary/aromatic N) is 1. The van der Waals surface area contributed by atoms with Crippen molar-refractivity contribution in [3.8, 4) is 22.8 Å². The molecule has 0 radical (unpaired) electrons. The summed E-state index contributed by atoms with van der Waals surface area (Å²) in [6, 6.07) is 7.83. The van der Waals surface area contributed by atoms with Gasteiger partial charge in [-0.2, -0.15) is 8.78 Å². The van der Waals surface area contributed by atoms with Gasteiger partial charge in [0.15, 0.2) is 0 Å². The van der Waals surface area contributed by atoms with Crippen molar-refractivity contribution in [1.29, 1.82) is 0 Å². The summed E-state index contributed by atoms with van der Waals surface area (Å²) >= 11 is 0. The fourth-order valence-corrected chi connectivity index (χ4v) is 1.68. The van der Waals surface area contributed by atoms with Gasteiger partial charge in [-0.05, 0) is 18.2 Å². The fourth-order valence-electron chi connectivity index (χ4n) is 1.68. The van der Waals surface area contributed by atoms with Crippen LogP contribution in [0.4, 0.5) is 22.0 Å². The number of ether oxygens (including phenoxy) is 2. The largest absolute Gasteiger partial charge is 0.573 e. The van der Waals surface area contributed by atoms with E-state index in [4.69, 9.17) is 0 Å². The fraction of sp³-hybridized carbons (Fsp3) is 0.154.